The summed E-state index contributed by atoms with van der Waals surface area (Å²) in [6, 6.07) is 2.96. The predicted molar refractivity (Wildman–Crippen MR) is 126 cm³/mol. The molecule has 1 aromatic heterocycles. The van der Waals surface area contributed by atoms with Gasteiger partial charge in [-0.1, -0.05) is 6.08 Å². The number of amides is 2. The maximum absolute atomic E-state index is 13.4. The second-order valence-electron chi connectivity index (χ2n) is 8.79. The topological polar surface area (TPSA) is 82.5 Å². The Morgan fingerprint density at radius 1 is 1.09 bits per heavy atom. The molecule has 2 fully saturated rings. The highest BCUT2D eigenvalue weighted by Gasteiger charge is 2.23. The number of piperidine rings is 1. The van der Waals surface area contributed by atoms with Gasteiger partial charge in [0.25, 0.3) is 5.91 Å². The molecule has 2 saturated heterocycles. The van der Waals surface area contributed by atoms with E-state index in [0.717, 1.165) is 50.7 Å². The number of aromatic nitrogens is 2. The number of imidazole rings is 1. The van der Waals surface area contributed by atoms with Crippen molar-refractivity contribution in [1.29, 1.82) is 0 Å². The Morgan fingerprint density at radius 3 is 2.44 bits per heavy atom. The number of halogens is 2. The van der Waals surface area contributed by atoms with E-state index in [4.69, 9.17) is 0 Å². The Labute approximate surface area is 197 Å². The molecule has 4 rings (SSSR count). The van der Waals surface area contributed by atoms with Gasteiger partial charge in [0, 0.05) is 50.6 Å². The summed E-state index contributed by atoms with van der Waals surface area (Å²) in [5.74, 6) is -1.49. The van der Waals surface area contributed by atoms with Crippen LogP contribution in [0, 0.1) is 11.6 Å². The minimum Gasteiger partial charge on any atom is -0.353 e. The van der Waals surface area contributed by atoms with Crippen LogP contribution in [-0.4, -0.2) is 69.9 Å². The van der Waals surface area contributed by atoms with E-state index in [1.807, 2.05) is 11.0 Å². The number of benzene rings is 1. The first-order chi connectivity index (χ1) is 16.4. The van der Waals surface area contributed by atoms with Gasteiger partial charge in [-0.25, -0.2) is 13.8 Å². The summed E-state index contributed by atoms with van der Waals surface area (Å²) < 4.78 is 28.4. The number of hydrogen-bond acceptors (Lipinski definition) is 5. The van der Waals surface area contributed by atoms with Gasteiger partial charge in [-0.15, -0.1) is 0 Å². The number of nitrogens with zero attached hydrogens (tertiary/aromatic N) is 4. The van der Waals surface area contributed by atoms with Crippen molar-refractivity contribution >= 4 is 23.5 Å². The minimum absolute atomic E-state index is 0.0322. The summed E-state index contributed by atoms with van der Waals surface area (Å²) in [5.41, 5.74) is 0.285. The van der Waals surface area contributed by atoms with Crippen LogP contribution in [0.2, 0.25) is 0 Å². The third kappa shape index (κ3) is 5.99. The molecule has 2 N–H and O–H groups in total. The normalized spacial score (nSPS) is 17.4. The highest BCUT2D eigenvalue weighted by Crippen LogP contribution is 2.19. The van der Waals surface area contributed by atoms with Crippen LogP contribution < -0.4 is 10.6 Å². The summed E-state index contributed by atoms with van der Waals surface area (Å²) >= 11 is 0. The van der Waals surface area contributed by atoms with Gasteiger partial charge in [-0.3, -0.25) is 14.5 Å². The average molecular weight is 473 g/mol. The van der Waals surface area contributed by atoms with Crippen molar-refractivity contribution in [2.75, 3.05) is 43.4 Å². The smallest absolute Gasteiger partial charge is 0.273 e. The molecule has 0 radical (unpaired) electrons. The van der Waals surface area contributed by atoms with E-state index in [0.29, 0.717) is 19.0 Å². The van der Waals surface area contributed by atoms with Crippen LogP contribution in [0.1, 0.15) is 36.2 Å². The summed E-state index contributed by atoms with van der Waals surface area (Å²) in [5, 5.41) is 5.82. The first-order valence-electron chi connectivity index (χ1n) is 11.6. The predicted octanol–water partition coefficient (Wildman–Crippen LogP) is 3.01. The standard InChI is InChI=1S/C24H30F2N6O2/c1-30-21(23(34)28-20-14-17(25)13-18(26)15-20)16-27-24(30)29-19-6-11-32(12-7-19)22(33)5-4-10-31-8-2-3-9-31/h4-5,13-16,19H,2-3,6-12H2,1H3,(H,27,29)(H,28,34)/b5-4+. The van der Waals surface area contributed by atoms with Crippen molar-refractivity contribution in [3.05, 3.63) is 53.9 Å². The molecule has 2 aliphatic heterocycles. The van der Waals surface area contributed by atoms with Crippen molar-refractivity contribution in [2.24, 2.45) is 7.05 Å². The summed E-state index contributed by atoms with van der Waals surface area (Å²) in [6.45, 7) is 4.33. The molecule has 8 nitrogen and oxygen atoms in total. The number of carbonyl (C=O) groups is 2. The second kappa shape index (κ2) is 10.8. The third-order valence-corrected chi connectivity index (χ3v) is 6.30. The fourth-order valence-electron chi connectivity index (χ4n) is 4.38. The highest BCUT2D eigenvalue weighted by molar-refractivity contribution is 6.03. The summed E-state index contributed by atoms with van der Waals surface area (Å²) in [7, 11) is 1.69. The van der Waals surface area contributed by atoms with Crippen molar-refractivity contribution in [1.82, 2.24) is 19.4 Å². The van der Waals surface area contributed by atoms with Gasteiger partial charge < -0.3 is 20.1 Å². The molecule has 0 atom stereocenters. The lowest BCUT2D eigenvalue weighted by molar-refractivity contribution is -0.126. The molecule has 1 aromatic carbocycles. The lowest BCUT2D eigenvalue weighted by atomic mass is 10.1. The van der Waals surface area contributed by atoms with Gasteiger partial charge in [-0.05, 0) is 50.9 Å². The zero-order valence-electron chi connectivity index (χ0n) is 19.3. The van der Waals surface area contributed by atoms with E-state index in [1.165, 1.54) is 19.0 Å². The van der Waals surface area contributed by atoms with Crippen LogP contribution in [0.25, 0.3) is 0 Å². The number of likely N-dealkylation sites (tertiary alicyclic amines) is 2. The number of carbonyl (C=O) groups excluding carboxylic acids is 2. The van der Waals surface area contributed by atoms with Gasteiger partial charge >= 0.3 is 0 Å². The van der Waals surface area contributed by atoms with Gasteiger partial charge in [0.05, 0.1) is 6.20 Å². The lowest BCUT2D eigenvalue weighted by Crippen LogP contribution is -2.42. The SMILES string of the molecule is Cn1c(C(=O)Nc2cc(F)cc(F)c2)cnc1NC1CCN(C(=O)/C=C/CN2CCCC2)CC1. The van der Waals surface area contributed by atoms with E-state index < -0.39 is 17.5 Å². The molecule has 10 heteroatoms. The van der Waals surface area contributed by atoms with Crippen LogP contribution in [-0.2, 0) is 11.8 Å². The van der Waals surface area contributed by atoms with Crippen molar-refractivity contribution in [3.8, 4) is 0 Å². The highest BCUT2D eigenvalue weighted by atomic mass is 19.1. The minimum atomic E-state index is -0.769. The van der Waals surface area contributed by atoms with Gasteiger partial charge in [0.2, 0.25) is 11.9 Å². The maximum atomic E-state index is 13.4. The monoisotopic (exact) mass is 472 g/mol. The fourth-order valence-corrected chi connectivity index (χ4v) is 4.38. The Hall–Kier alpha value is -3.27. The molecule has 34 heavy (non-hydrogen) atoms. The zero-order chi connectivity index (χ0) is 24.1. The van der Waals surface area contributed by atoms with E-state index in [-0.39, 0.29) is 23.3 Å². The van der Waals surface area contributed by atoms with Crippen LogP contribution in [0.15, 0.2) is 36.5 Å². The van der Waals surface area contributed by atoms with Crippen molar-refractivity contribution in [3.63, 3.8) is 0 Å². The first-order valence-corrected chi connectivity index (χ1v) is 11.6. The van der Waals surface area contributed by atoms with Crippen LogP contribution in [0.4, 0.5) is 20.4 Å². The molecule has 0 bridgehead atoms. The summed E-state index contributed by atoms with van der Waals surface area (Å²) in [4.78, 5) is 33.5. The van der Waals surface area contributed by atoms with Gasteiger partial charge in [0.1, 0.15) is 17.3 Å². The lowest BCUT2D eigenvalue weighted by Gasteiger charge is -2.32. The Morgan fingerprint density at radius 2 is 1.76 bits per heavy atom. The molecule has 0 spiro atoms. The largest absolute Gasteiger partial charge is 0.353 e. The van der Waals surface area contributed by atoms with Gasteiger partial charge in [0.15, 0.2) is 0 Å². The maximum Gasteiger partial charge on any atom is 0.273 e. The number of anilines is 2. The summed E-state index contributed by atoms with van der Waals surface area (Å²) in [6.07, 6.45) is 9.05. The number of hydrogen-bond donors (Lipinski definition) is 2. The third-order valence-electron chi connectivity index (χ3n) is 6.30. The molecule has 2 aliphatic rings. The first kappa shape index (κ1) is 23.9. The molecule has 0 aliphatic carbocycles. The van der Waals surface area contributed by atoms with Gasteiger partial charge in [-0.2, -0.15) is 0 Å². The molecular formula is C24H30F2N6O2. The molecule has 3 heterocycles. The van der Waals surface area contributed by atoms with Crippen LogP contribution in [0.5, 0.6) is 0 Å². The Bertz CT molecular complexity index is 1040. The van der Waals surface area contributed by atoms with E-state index >= 15 is 0 Å². The quantitative estimate of drug-likeness (QED) is 0.606. The van der Waals surface area contributed by atoms with E-state index in [9.17, 15) is 18.4 Å². The van der Waals surface area contributed by atoms with Crippen LogP contribution >= 0.6 is 0 Å². The number of nitrogens with one attached hydrogen (secondary N) is 2. The Balaban J connectivity index is 1.26. The van der Waals surface area contributed by atoms with Crippen molar-refractivity contribution < 1.29 is 18.4 Å². The second-order valence-corrected chi connectivity index (χ2v) is 8.79. The number of rotatable bonds is 7. The molecule has 0 unspecified atom stereocenters. The molecule has 182 valence electrons. The fraction of sp³-hybridized carbons (Fsp3) is 0.458. The van der Waals surface area contributed by atoms with E-state index in [2.05, 4.69) is 20.5 Å². The molecule has 2 aromatic rings. The Kier molecular flexibility index (Phi) is 7.56. The molecular weight excluding hydrogens is 442 g/mol. The zero-order valence-corrected chi connectivity index (χ0v) is 19.3. The average Bonchev–Trinajstić information content (AvgIpc) is 3.44. The molecule has 0 saturated carbocycles. The van der Waals surface area contributed by atoms with Crippen molar-refractivity contribution in [2.45, 2.75) is 31.7 Å². The molecule has 2 amide bonds. The van der Waals surface area contributed by atoms with E-state index in [1.54, 1.807) is 17.7 Å². The van der Waals surface area contributed by atoms with Crippen LogP contribution in [0.3, 0.4) is 0 Å².